The third-order valence-electron chi connectivity index (χ3n) is 4.48. The van der Waals surface area contributed by atoms with E-state index in [-0.39, 0.29) is 23.6 Å². The fourth-order valence-electron chi connectivity index (χ4n) is 3.11. The molecule has 0 fully saturated rings. The molecule has 1 aliphatic rings. The first kappa shape index (κ1) is 19.2. The molecule has 0 aliphatic heterocycles. The Labute approximate surface area is 149 Å². The van der Waals surface area contributed by atoms with Gasteiger partial charge < -0.3 is 9.47 Å². The molecule has 0 aromatic heterocycles. The molecular formula is C20H27NO4. The van der Waals surface area contributed by atoms with Crippen molar-refractivity contribution in [1.29, 1.82) is 0 Å². The van der Waals surface area contributed by atoms with Gasteiger partial charge in [0.25, 0.3) is 0 Å². The summed E-state index contributed by atoms with van der Waals surface area (Å²) in [6.07, 6.45) is 7.01. The minimum absolute atomic E-state index is 0.0329. The van der Waals surface area contributed by atoms with Crippen molar-refractivity contribution in [1.82, 2.24) is 0 Å². The van der Waals surface area contributed by atoms with Gasteiger partial charge in [0.1, 0.15) is 11.5 Å². The third-order valence-corrected chi connectivity index (χ3v) is 4.48. The zero-order valence-corrected chi connectivity index (χ0v) is 15.4. The van der Waals surface area contributed by atoms with E-state index in [1.165, 1.54) is 39.9 Å². The highest BCUT2D eigenvalue weighted by Gasteiger charge is 2.34. The molecule has 0 spiro atoms. The van der Waals surface area contributed by atoms with Crippen molar-refractivity contribution < 1.29 is 19.1 Å². The van der Waals surface area contributed by atoms with E-state index in [2.05, 4.69) is 11.9 Å². The van der Waals surface area contributed by atoms with Gasteiger partial charge in [-0.2, -0.15) is 0 Å². The van der Waals surface area contributed by atoms with Gasteiger partial charge in [0, 0.05) is 6.54 Å². The first-order valence-electron chi connectivity index (χ1n) is 9.00. The number of ketones is 2. The van der Waals surface area contributed by atoms with Crippen molar-refractivity contribution in [2.45, 2.75) is 51.9 Å². The summed E-state index contributed by atoms with van der Waals surface area (Å²) < 4.78 is 10.5. The maximum atomic E-state index is 12.8. The molecule has 5 nitrogen and oxygen atoms in total. The normalized spacial score (nSPS) is 15.4. The maximum absolute atomic E-state index is 12.8. The number of benzene rings is 1. The molecule has 0 heterocycles. The molecule has 0 atom stereocenters. The third kappa shape index (κ3) is 4.47. The number of hydrogen-bond donors (Lipinski definition) is 0. The number of methoxy groups -OCH3 is 2. The fourth-order valence-corrected chi connectivity index (χ4v) is 3.11. The smallest absolute Gasteiger partial charge is 0.211 e. The van der Waals surface area contributed by atoms with Gasteiger partial charge in [0.05, 0.1) is 37.5 Å². The number of fused-ring (bicyclic) bond motifs is 1. The van der Waals surface area contributed by atoms with Crippen LogP contribution in [0.25, 0.3) is 0 Å². The lowest BCUT2D eigenvalue weighted by Gasteiger charge is -2.20. The number of hydrogen-bond acceptors (Lipinski definition) is 5. The molecule has 0 N–H and O–H groups in total. The number of unbranched alkanes of at least 4 members (excludes halogenated alkanes) is 5. The van der Waals surface area contributed by atoms with Gasteiger partial charge in [0.2, 0.25) is 5.78 Å². The zero-order chi connectivity index (χ0) is 18.2. The van der Waals surface area contributed by atoms with E-state index >= 15 is 0 Å². The number of rotatable bonds is 9. The molecule has 0 saturated carbocycles. The lowest BCUT2D eigenvalue weighted by Crippen LogP contribution is -2.28. The SMILES string of the molecule is CCCCCCCCN=C1CC(=O)c2c(OC)ccc(OC)c2C1=O. The molecule has 1 aliphatic carbocycles. The topological polar surface area (TPSA) is 65.0 Å². The van der Waals surface area contributed by atoms with Crippen molar-refractivity contribution in [2.24, 2.45) is 4.99 Å². The Balaban J connectivity index is 2.12. The summed E-state index contributed by atoms with van der Waals surface area (Å²) in [6, 6.07) is 3.31. The quantitative estimate of drug-likeness (QED) is 0.627. The first-order chi connectivity index (χ1) is 12.1. The van der Waals surface area contributed by atoms with Crippen LogP contribution in [0.4, 0.5) is 0 Å². The molecule has 1 aromatic rings. The standard InChI is InChI=1S/C20H27NO4/c1-4-5-6-7-8-9-12-21-14-13-15(22)18-16(24-2)10-11-17(25-3)19(18)20(14)23/h10-11H,4-9,12-13H2,1-3H3. The summed E-state index contributed by atoms with van der Waals surface area (Å²) in [4.78, 5) is 29.7. The Morgan fingerprint density at radius 2 is 1.52 bits per heavy atom. The van der Waals surface area contributed by atoms with Crippen molar-refractivity contribution in [3.63, 3.8) is 0 Å². The molecule has 0 bridgehead atoms. The highest BCUT2D eigenvalue weighted by molar-refractivity contribution is 6.53. The molecule has 136 valence electrons. The van der Waals surface area contributed by atoms with Gasteiger partial charge in [-0.05, 0) is 18.6 Å². The van der Waals surface area contributed by atoms with Crippen LogP contribution in [0.2, 0.25) is 0 Å². The molecule has 0 radical (unpaired) electrons. The Morgan fingerprint density at radius 3 is 2.16 bits per heavy atom. The lowest BCUT2D eigenvalue weighted by atomic mass is 9.86. The molecule has 1 aromatic carbocycles. The second kappa shape index (κ2) is 9.35. The van der Waals surface area contributed by atoms with E-state index in [0.29, 0.717) is 29.3 Å². The van der Waals surface area contributed by atoms with Crippen LogP contribution in [-0.4, -0.2) is 38.0 Å². The predicted molar refractivity (Wildman–Crippen MR) is 98.5 cm³/mol. The summed E-state index contributed by atoms with van der Waals surface area (Å²) in [6.45, 7) is 2.78. The van der Waals surface area contributed by atoms with Crippen molar-refractivity contribution >= 4 is 17.3 Å². The van der Waals surface area contributed by atoms with Gasteiger partial charge in [0.15, 0.2) is 5.78 Å². The molecule has 0 amide bonds. The zero-order valence-electron chi connectivity index (χ0n) is 15.4. The van der Waals surface area contributed by atoms with Gasteiger partial charge in [-0.25, -0.2) is 0 Å². The summed E-state index contributed by atoms with van der Waals surface area (Å²) in [5, 5.41) is 0. The first-order valence-corrected chi connectivity index (χ1v) is 9.00. The van der Waals surface area contributed by atoms with Crippen molar-refractivity contribution in [3.05, 3.63) is 23.3 Å². The number of Topliss-reactive ketones (excluding diaryl/α,β-unsaturated/α-hetero) is 2. The summed E-state index contributed by atoms with van der Waals surface area (Å²) in [7, 11) is 2.98. The predicted octanol–water partition coefficient (Wildman–Crippen LogP) is 4.27. The van der Waals surface area contributed by atoms with E-state index in [9.17, 15) is 9.59 Å². The minimum Gasteiger partial charge on any atom is -0.496 e. The monoisotopic (exact) mass is 345 g/mol. The number of carbonyl (C=O) groups is 2. The maximum Gasteiger partial charge on any atom is 0.211 e. The number of carbonyl (C=O) groups excluding carboxylic acids is 2. The van der Waals surface area contributed by atoms with Gasteiger partial charge in [-0.1, -0.05) is 39.0 Å². The highest BCUT2D eigenvalue weighted by Crippen LogP contribution is 2.35. The van der Waals surface area contributed by atoms with Crippen LogP contribution in [0.15, 0.2) is 17.1 Å². The van der Waals surface area contributed by atoms with E-state index in [4.69, 9.17) is 9.47 Å². The average Bonchev–Trinajstić information content (AvgIpc) is 2.63. The molecule has 5 heteroatoms. The van der Waals surface area contributed by atoms with Crippen LogP contribution in [0.1, 0.15) is 72.6 Å². The van der Waals surface area contributed by atoms with Crippen LogP contribution >= 0.6 is 0 Å². The van der Waals surface area contributed by atoms with Crippen LogP contribution in [0.5, 0.6) is 11.5 Å². The fraction of sp³-hybridized carbons (Fsp3) is 0.550. The Hall–Kier alpha value is -2.17. The van der Waals surface area contributed by atoms with Gasteiger partial charge in [-0.3, -0.25) is 14.6 Å². The largest absolute Gasteiger partial charge is 0.496 e. The molecular weight excluding hydrogens is 318 g/mol. The van der Waals surface area contributed by atoms with Crippen LogP contribution in [0.3, 0.4) is 0 Å². The van der Waals surface area contributed by atoms with E-state index in [1.807, 2.05) is 0 Å². The molecule has 0 unspecified atom stereocenters. The number of ether oxygens (including phenoxy) is 2. The van der Waals surface area contributed by atoms with Crippen LogP contribution in [-0.2, 0) is 0 Å². The van der Waals surface area contributed by atoms with Crippen molar-refractivity contribution in [3.8, 4) is 11.5 Å². The summed E-state index contributed by atoms with van der Waals surface area (Å²) in [5.41, 5.74) is 0.919. The average molecular weight is 345 g/mol. The van der Waals surface area contributed by atoms with E-state index < -0.39 is 0 Å². The Bertz CT molecular complexity index is 664. The lowest BCUT2D eigenvalue weighted by molar-refractivity contribution is 0.0959. The van der Waals surface area contributed by atoms with Gasteiger partial charge in [-0.15, -0.1) is 0 Å². The van der Waals surface area contributed by atoms with Gasteiger partial charge >= 0.3 is 0 Å². The molecule has 2 rings (SSSR count). The minimum atomic E-state index is -0.226. The second-order valence-electron chi connectivity index (χ2n) is 6.25. The number of aliphatic imine (C=N–C) groups is 1. The second-order valence-corrected chi connectivity index (χ2v) is 6.25. The molecule has 25 heavy (non-hydrogen) atoms. The summed E-state index contributed by atoms with van der Waals surface area (Å²) in [5.74, 6) is 0.425. The Morgan fingerprint density at radius 1 is 0.920 bits per heavy atom. The van der Waals surface area contributed by atoms with Crippen LogP contribution < -0.4 is 9.47 Å². The highest BCUT2D eigenvalue weighted by atomic mass is 16.5. The van der Waals surface area contributed by atoms with E-state index in [1.54, 1.807) is 12.1 Å². The number of nitrogens with zero attached hydrogens (tertiary/aromatic N) is 1. The van der Waals surface area contributed by atoms with E-state index in [0.717, 1.165) is 12.8 Å². The molecule has 0 saturated heterocycles. The Kier molecular flexibility index (Phi) is 7.16. The van der Waals surface area contributed by atoms with Crippen LogP contribution in [0, 0.1) is 0 Å². The summed E-state index contributed by atoms with van der Waals surface area (Å²) >= 11 is 0. The van der Waals surface area contributed by atoms with Crippen molar-refractivity contribution in [2.75, 3.05) is 20.8 Å².